The van der Waals surface area contributed by atoms with Crippen LogP contribution >= 0.6 is 23.1 Å². The molecule has 7 nitrogen and oxygen atoms in total. The highest BCUT2D eigenvalue weighted by Crippen LogP contribution is 2.34. The van der Waals surface area contributed by atoms with E-state index in [9.17, 15) is 9.59 Å². The lowest BCUT2D eigenvalue weighted by molar-refractivity contribution is -0.113. The lowest BCUT2D eigenvalue weighted by Gasteiger charge is -2.20. The number of carbonyl (C=O) groups is 2. The van der Waals surface area contributed by atoms with Gasteiger partial charge in [-0.15, -0.1) is 21.5 Å². The summed E-state index contributed by atoms with van der Waals surface area (Å²) in [6, 6.07) is 0. The van der Waals surface area contributed by atoms with Crippen molar-refractivity contribution in [2.45, 2.75) is 70.4 Å². The van der Waals surface area contributed by atoms with Crippen LogP contribution < -0.4 is 5.32 Å². The Morgan fingerprint density at radius 2 is 2.00 bits per heavy atom. The van der Waals surface area contributed by atoms with Crippen molar-refractivity contribution < 1.29 is 14.3 Å². The third-order valence-corrected chi connectivity index (χ3v) is 8.05. The van der Waals surface area contributed by atoms with Gasteiger partial charge >= 0.3 is 5.97 Å². The van der Waals surface area contributed by atoms with Gasteiger partial charge in [-0.2, -0.15) is 0 Å². The van der Waals surface area contributed by atoms with E-state index in [0.29, 0.717) is 17.0 Å². The van der Waals surface area contributed by atoms with Gasteiger partial charge in [0.2, 0.25) is 5.91 Å². The summed E-state index contributed by atoms with van der Waals surface area (Å²) in [4.78, 5) is 25.8. The Morgan fingerprint density at radius 1 is 1.26 bits per heavy atom. The SMILES string of the molecule is CCc1c(C)sc(NC(=O)CSc2nnc(CCC3CCCCC3)n2C)c1C(=O)OC. The maximum Gasteiger partial charge on any atom is 0.341 e. The van der Waals surface area contributed by atoms with E-state index in [4.69, 9.17) is 4.74 Å². The Bertz CT molecular complexity index is 916. The Balaban J connectivity index is 1.57. The first-order valence-corrected chi connectivity index (χ1v) is 12.8. The molecule has 3 rings (SSSR count). The number of anilines is 1. The highest BCUT2D eigenvalue weighted by atomic mass is 32.2. The Kier molecular flexibility index (Phi) is 8.54. The maximum atomic E-state index is 12.6. The number of hydrogen-bond donors (Lipinski definition) is 1. The van der Waals surface area contributed by atoms with E-state index in [0.717, 1.165) is 40.2 Å². The first-order valence-electron chi connectivity index (χ1n) is 11.0. The third-order valence-electron chi connectivity index (χ3n) is 5.96. The number of carbonyl (C=O) groups excluding carboxylic acids is 2. The van der Waals surface area contributed by atoms with Gasteiger partial charge in [0.15, 0.2) is 5.16 Å². The molecule has 0 spiro atoms. The van der Waals surface area contributed by atoms with Crippen molar-refractivity contribution in [1.82, 2.24) is 14.8 Å². The summed E-state index contributed by atoms with van der Waals surface area (Å²) in [5.74, 6) is 1.39. The van der Waals surface area contributed by atoms with Crippen LogP contribution in [0.25, 0.3) is 0 Å². The number of thiophene rings is 1. The van der Waals surface area contributed by atoms with Gasteiger partial charge in [-0.25, -0.2) is 4.79 Å². The molecule has 2 heterocycles. The van der Waals surface area contributed by atoms with Crippen LogP contribution in [-0.4, -0.2) is 39.5 Å². The standard InChI is InChI=1S/C22H32N4O3S2/c1-5-16-14(2)31-20(19(16)21(28)29-4)23-18(27)13-30-22-25-24-17(26(22)3)12-11-15-9-7-6-8-10-15/h15H,5-13H2,1-4H3,(H,23,27). The number of nitrogens with zero attached hydrogens (tertiary/aromatic N) is 3. The lowest BCUT2D eigenvalue weighted by Crippen LogP contribution is -2.16. The van der Waals surface area contributed by atoms with Crippen molar-refractivity contribution >= 4 is 40.0 Å². The Morgan fingerprint density at radius 3 is 2.68 bits per heavy atom. The molecule has 0 aliphatic heterocycles. The van der Waals surface area contributed by atoms with Crippen molar-refractivity contribution in [1.29, 1.82) is 0 Å². The zero-order valence-electron chi connectivity index (χ0n) is 18.8. The van der Waals surface area contributed by atoms with Gasteiger partial charge in [0.05, 0.1) is 18.4 Å². The van der Waals surface area contributed by atoms with Gasteiger partial charge in [-0.1, -0.05) is 50.8 Å². The molecule has 1 aliphatic carbocycles. The summed E-state index contributed by atoms with van der Waals surface area (Å²) in [5, 5.41) is 12.8. The molecule has 0 aromatic carbocycles. The number of hydrogen-bond acceptors (Lipinski definition) is 7. The summed E-state index contributed by atoms with van der Waals surface area (Å²) in [7, 11) is 3.32. The van der Waals surface area contributed by atoms with E-state index in [1.54, 1.807) is 0 Å². The zero-order valence-corrected chi connectivity index (χ0v) is 20.5. The number of amides is 1. The molecule has 0 unspecified atom stereocenters. The van der Waals surface area contributed by atoms with E-state index in [1.165, 1.54) is 62.3 Å². The normalized spacial score (nSPS) is 14.6. The molecule has 2 aromatic rings. The highest BCUT2D eigenvalue weighted by Gasteiger charge is 2.23. The van der Waals surface area contributed by atoms with Crippen molar-refractivity contribution in [3.63, 3.8) is 0 Å². The summed E-state index contributed by atoms with van der Waals surface area (Å²) >= 11 is 2.77. The number of nitrogens with one attached hydrogen (secondary N) is 1. The van der Waals surface area contributed by atoms with Crippen molar-refractivity contribution in [2.75, 3.05) is 18.2 Å². The van der Waals surface area contributed by atoms with Gasteiger partial charge in [0.25, 0.3) is 0 Å². The highest BCUT2D eigenvalue weighted by molar-refractivity contribution is 7.99. The van der Waals surface area contributed by atoms with Gasteiger partial charge in [0, 0.05) is 18.3 Å². The van der Waals surface area contributed by atoms with E-state index in [-0.39, 0.29) is 11.7 Å². The fraction of sp³-hybridized carbons (Fsp3) is 0.636. The topological polar surface area (TPSA) is 86.1 Å². The molecular weight excluding hydrogens is 432 g/mol. The van der Waals surface area contributed by atoms with Crippen LogP contribution in [0.3, 0.4) is 0 Å². The fourth-order valence-electron chi connectivity index (χ4n) is 4.20. The number of thioether (sulfide) groups is 1. The van der Waals surface area contributed by atoms with Crippen molar-refractivity contribution in [3.8, 4) is 0 Å². The maximum absolute atomic E-state index is 12.6. The van der Waals surface area contributed by atoms with Gasteiger partial charge < -0.3 is 14.6 Å². The van der Waals surface area contributed by atoms with E-state index in [2.05, 4.69) is 15.5 Å². The minimum Gasteiger partial charge on any atom is -0.465 e. The van der Waals surface area contributed by atoms with Crippen molar-refractivity contribution in [3.05, 3.63) is 21.8 Å². The Hall–Kier alpha value is -1.87. The molecule has 0 atom stereocenters. The van der Waals surface area contributed by atoms with Gasteiger partial charge in [0.1, 0.15) is 10.8 Å². The molecule has 1 saturated carbocycles. The minimum atomic E-state index is -0.417. The number of rotatable bonds is 9. The zero-order chi connectivity index (χ0) is 22.4. The summed E-state index contributed by atoms with van der Waals surface area (Å²) in [6.07, 6.45) is 9.52. The average Bonchev–Trinajstić information content (AvgIpc) is 3.29. The van der Waals surface area contributed by atoms with E-state index < -0.39 is 5.97 Å². The number of aryl methyl sites for hydroxylation is 2. The number of esters is 1. The van der Waals surface area contributed by atoms with Crippen LogP contribution in [0.15, 0.2) is 5.16 Å². The van der Waals surface area contributed by atoms with Gasteiger partial charge in [-0.05, 0) is 31.2 Å². The molecule has 9 heteroatoms. The van der Waals surface area contributed by atoms with Crippen LogP contribution in [0, 0.1) is 12.8 Å². The van der Waals surface area contributed by atoms with Crippen LogP contribution in [-0.2, 0) is 29.4 Å². The first kappa shape index (κ1) is 23.8. The lowest BCUT2D eigenvalue weighted by atomic mass is 9.86. The molecule has 1 amide bonds. The van der Waals surface area contributed by atoms with Crippen LogP contribution in [0.5, 0.6) is 0 Å². The molecule has 1 N–H and O–H groups in total. The number of ether oxygens (including phenoxy) is 1. The molecule has 0 saturated heterocycles. The fourth-order valence-corrected chi connectivity index (χ4v) is 6.08. The average molecular weight is 465 g/mol. The largest absolute Gasteiger partial charge is 0.465 e. The molecule has 0 bridgehead atoms. The molecule has 31 heavy (non-hydrogen) atoms. The van der Waals surface area contributed by atoms with Crippen molar-refractivity contribution in [2.24, 2.45) is 13.0 Å². The summed E-state index contributed by atoms with van der Waals surface area (Å²) in [5.41, 5.74) is 1.39. The Labute approximate surface area is 192 Å². The van der Waals surface area contributed by atoms with E-state index >= 15 is 0 Å². The third kappa shape index (κ3) is 5.88. The first-order chi connectivity index (χ1) is 14.9. The molecule has 0 radical (unpaired) electrons. The molecule has 170 valence electrons. The van der Waals surface area contributed by atoms with Gasteiger partial charge in [-0.3, -0.25) is 4.79 Å². The second-order valence-corrected chi connectivity index (χ2v) is 10.2. The molecule has 1 aliphatic rings. The van der Waals surface area contributed by atoms with Crippen LogP contribution in [0.1, 0.15) is 72.1 Å². The smallest absolute Gasteiger partial charge is 0.341 e. The van der Waals surface area contributed by atoms with Crippen LogP contribution in [0.2, 0.25) is 0 Å². The predicted octanol–water partition coefficient (Wildman–Crippen LogP) is 4.78. The quantitative estimate of drug-likeness (QED) is 0.425. The number of aromatic nitrogens is 3. The number of methoxy groups -OCH3 is 1. The van der Waals surface area contributed by atoms with Crippen LogP contribution in [0.4, 0.5) is 5.00 Å². The monoisotopic (exact) mass is 464 g/mol. The molecular formula is C22H32N4O3S2. The van der Waals surface area contributed by atoms with E-state index in [1.807, 2.05) is 25.5 Å². The molecule has 1 fully saturated rings. The summed E-state index contributed by atoms with van der Waals surface area (Å²) in [6.45, 7) is 3.94. The second kappa shape index (κ2) is 11.1. The minimum absolute atomic E-state index is 0.175. The molecule has 2 aromatic heterocycles. The second-order valence-electron chi connectivity index (χ2n) is 8.02. The summed E-state index contributed by atoms with van der Waals surface area (Å²) < 4.78 is 6.91. The predicted molar refractivity (Wildman–Crippen MR) is 125 cm³/mol.